The molecule has 0 radical (unpaired) electrons. The van der Waals surface area contributed by atoms with E-state index < -0.39 is 0 Å². The predicted molar refractivity (Wildman–Crippen MR) is 73.3 cm³/mol. The van der Waals surface area contributed by atoms with E-state index in [4.69, 9.17) is 9.47 Å². The fraction of sp³-hybridized carbons (Fsp3) is 0.0625. The van der Waals surface area contributed by atoms with Gasteiger partial charge in [0.05, 0.1) is 11.2 Å². The number of benzene rings is 2. The normalized spacial score (nSPS) is 12.8. The van der Waals surface area contributed by atoms with Gasteiger partial charge in [-0.25, -0.2) is 9.37 Å². The van der Waals surface area contributed by atoms with Crippen LogP contribution < -0.4 is 9.47 Å². The minimum Gasteiger partial charge on any atom is -0.454 e. The van der Waals surface area contributed by atoms with Crippen LogP contribution in [0.25, 0.3) is 22.2 Å². The Morgan fingerprint density at radius 2 is 1.65 bits per heavy atom. The molecule has 98 valence electrons. The predicted octanol–water partition coefficient (Wildman–Crippen LogP) is 3.77. The van der Waals surface area contributed by atoms with Gasteiger partial charge < -0.3 is 9.47 Å². The molecule has 0 amide bonds. The van der Waals surface area contributed by atoms with Crippen LogP contribution in [-0.4, -0.2) is 11.8 Å². The summed E-state index contributed by atoms with van der Waals surface area (Å²) in [6, 6.07) is 14.0. The molecule has 0 N–H and O–H groups in total. The van der Waals surface area contributed by atoms with E-state index in [1.165, 1.54) is 12.1 Å². The van der Waals surface area contributed by atoms with E-state index >= 15 is 0 Å². The summed E-state index contributed by atoms with van der Waals surface area (Å²) in [5.74, 6) is 1.20. The Bertz CT molecular complexity index is 799. The fourth-order valence-electron chi connectivity index (χ4n) is 2.29. The molecule has 2 aromatic carbocycles. The van der Waals surface area contributed by atoms with Gasteiger partial charge in [-0.05, 0) is 36.4 Å². The summed E-state index contributed by atoms with van der Waals surface area (Å²) in [5.41, 5.74) is 2.51. The summed E-state index contributed by atoms with van der Waals surface area (Å²) in [6.07, 6.45) is 0. The highest BCUT2D eigenvalue weighted by atomic mass is 19.1. The summed E-state index contributed by atoms with van der Waals surface area (Å²) in [4.78, 5) is 4.59. The number of ether oxygens (including phenoxy) is 2. The number of nitrogens with zero attached hydrogens (tertiary/aromatic N) is 1. The van der Waals surface area contributed by atoms with E-state index in [2.05, 4.69) is 4.98 Å². The minimum atomic E-state index is -0.252. The van der Waals surface area contributed by atoms with Gasteiger partial charge in [0.25, 0.3) is 0 Å². The molecule has 0 aliphatic carbocycles. The molecule has 1 aromatic heterocycles. The number of fused-ring (bicyclic) bond motifs is 2. The van der Waals surface area contributed by atoms with Crippen molar-refractivity contribution in [1.82, 2.24) is 4.98 Å². The summed E-state index contributed by atoms with van der Waals surface area (Å²) in [5, 5.41) is 0.986. The third-order valence-electron chi connectivity index (χ3n) is 3.32. The number of hydrogen-bond acceptors (Lipinski definition) is 3. The SMILES string of the molecule is Fc1ccc(-c2ccc3cc4c(cc3n2)OCO4)cc1. The molecule has 4 rings (SSSR count). The molecule has 0 atom stereocenters. The third-order valence-corrected chi connectivity index (χ3v) is 3.32. The lowest BCUT2D eigenvalue weighted by atomic mass is 10.1. The molecule has 20 heavy (non-hydrogen) atoms. The van der Waals surface area contributed by atoms with E-state index in [1.54, 1.807) is 12.1 Å². The smallest absolute Gasteiger partial charge is 0.231 e. The van der Waals surface area contributed by atoms with Crippen molar-refractivity contribution < 1.29 is 13.9 Å². The molecular weight excluding hydrogens is 257 g/mol. The maximum Gasteiger partial charge on any atom is 0.231 e. The lowest BCUT2D eigenvalue weighted by Gasteiger charge is -2.04. The number of pyridine rings is 1. The van der Waals surface area contributed by atoms with Crippen LogP contribution in [-0.2, 0) is 0 Å². The number of hydrogen-bond donors (Lipinski definition) is 0. The van der Waals surface area contributed by atoms with Crippen molar-refractivity contribution >= 4 is 10.9 Å². The number of aromatic nitrogens is 1. The zero-order valence-electron chi connectivity index (χ0n) is 10.5. The van der Waals surface area contributed by atoms with Crippen LogP contribution in [0.1, 0.15) is 0 Å². The largest absolute Gasteiger partial charge is 0.454 e. The van der Waals surface area contributed by atoms with Gasteiger partial charge in [0.15, 0.2) is 11.5 Å². The van der Waals surface area contributed by atoms with E-state index in [0.29, 0.717) is 5.75 Å². The molecule has 0 unspecified atom stereocenters. The van der Waals surface area contributed by atoms with Gasteiger partial charge in [0, 0.05) is 17.0 Å². The minimum absolute atomic E-state index is 0.247. The van der Waals surface area contributed by atoms with E-state index in [0.717, 1.165) is 27.9 Å². The lowest BCUT2D eigenvalue weighted by molar-refractivity contribution is 0.174. The van der Waals surface area contributed by atoms with Crippen LogP contribution in [0.15, 0.2) is 48.5 Å². The molecule has 0 saturated carbocycles. The maximum atomic E-state index is 13.0. The molecular formula is C16H10FNO2. The van der Waals surface area contributed by atoms with Crippen LogP contribution in [0.3, 0.4) is 0 Å². The standard InChI is InChI=1S/C16H10FNO2/c17-12-4-1-10(2-5-12)13-6-3-11-7-15-16(20-9-19-15)8-14(11)18-13/h1-8H,9H2. The van der Waals surface area contributed by atoms with Gasteiger partial charge in [-0.1, -0.05) is 6.07 Å². The van der Waals surface area contributed by atoms with Gasteiger partial charge in [0.1, 0.15) is 5.82 Å². The van der Waals surface area contributed by atoms with Crippen LogP contribution >= 0.6 is 0 Å². The molecule has 4 heteroatoms. The van der Waals surface area contributed by atoms with Crippen molar-refractivity contribution in [2.24, 2.45) is 0 Å². The van der Waals surface area contributed by atoms with Crippen molar-refractivity contribution in [3.63, 3.8) is 0 Å². The topological polar surface area (TPSA) is 31.4 Å². The van der Waals surface area contributed by atoms with E-state index in [1.807, 2.05) is 24.3 Å². The number of halogens is 1. The van der Waals surface area contributed by atoms with Gasteiger partial charge in [0.2, 0.25) is 6.79 Å². The van der Waals surface area contributed by atoms with E-state index in [-0.39, 0.29) is 12.6 Å². The zero-order valence-corrected chi connectivity index (χ0v) is 10.5. The average molecular weight is 267 g/mol. The van der Waals surface area contributed by atoms with Gasteiger partial charge in [-0.2, -0.15) is 0 Å². The Morgan fingerprint density at radius 1 is 0.900 bits per heavy atom. The van der Waals surface area contributed by atoms with Gasteiger partial charge >= 0.3 is 0 Å². The Balaban J connectivity index is 1.86. The Kier molecular flexibility index (Phi) is 2.36. The maximum absolute atomic E-state index is 13.0. The molecule has 2 heterocycles. The molecule has 1 aliphatic rings. The molecule has 0 bridgehead atoms. The first kappa shape index (κ1) is 11.2. The monoisotopic (exact) mass is 267 g/mol. The molecule has 0 saturated heterocycles. The first-order valence-electron chi connectivity index (χ1n) is 6.26. The molecule has 0 fully saturated rings. The first-order chi connectivity index (χ1) is 9.79. The molecule has 3 aromatic rings. The van der Waals surface area contributed by atoms with Crippen molar-refractivity contribution in [2.75, 3.05) is 6.79 Å². The fourth-order valence-corrected chi connectivity index (χ4v) is 2.29. The summed E-state index contributed by atoms with van der Waals surface area (Å²) < 4.78 is 23.7. The molecule has 0 spiro atoms. The van der Waals surface area contributed by atoms with Crippen molar-refractivity contribution in [3.8, 4) is 22.8 Å². The Labute approximate surface area is 114 Å². The Hall–Kier alpha value is -2.62. The highest BCUT2D eigenvalue weighted by Crippen LogP contribution is 2.36. The second kappa shape index (κ2) is 4.20. The highest BCUT2D eigenvalue weighted by molar-refractivity contribution is 5.85. The lowest BCUT2D eigenvalue weighted by Crippen LogP contribution is -1.92. The summed E-state index contributed by atoms with van der Waals surface area (Å²) in [7, 11) is 0. The quantitative estimate of drug-likeness (QED) is 0.672. The van der Waals surface area contributed by atoms with Crippen LogP contribution in [0, 0.1) is 5.82 Å². The zero-order chi connectivity index (χ0) is 13.5. The van der Waals surface area contributed by atoms with Crippen molar-refractivity contribution in [1.29, 1.82) is 0 Å². The molecule has 1 aliphatic heterocycles. The van der Waals surface area contributed by atoms with Crippen molar-refractivity contribution in [2.45, 2.75) is 0 Å². The summed E-state index contributed by atoms with van der Waals surface area (Å²) in [6.45, 7) is 0.247. The van der Waals surface area contributed by atoms with Crippen LogP contribution in [0.2, 0.25) is 0 Å². The first-order valence-corrected chi connectivity index (χ1v) is 6.26. The third kappa shape index (κ3) is 1.77. The second-order valence-corrected chi connectivity index (χ2v) is 4.60. The van der Waals surface area contributed by atoms with Crippen molar-refractivity contribution in [3.05, 3.63) is 54.3 Å². The van der Waals surface area contributed by atoms with E-state index in [9.17, 15) is 4.39 Å². The Morgan fingerprint density at radius 3 is 2.45 bits per heavy atom. The second-order valence-electron chi connectivity index (χ2n) is 4.60. The average Bonchev–Trinajstić information content (AvgIpc) is 2.92. The highest BCUT2D eigenvalue weighted by Gasteiger charge is 2.14. The van der Waals surface area contributed by atoms with Gasteiger partial charge in [-0.15, -0.1) is 0 Å². The molecule has 3 nitrogen and oxygen atoms in total. The number of rotatable bonds is 1. The van der Waals surface area contributed by atoms with Gasteiger partial charge in [-0.3, -0.25) is 0 Å². The van der Waals surface area contributed by atoms with Crippen LogP contribution in [0.4, 0.5) is 4.39 Å². The summed E-state index contributed by atoms with van der Waals surface area (Å²) >= 11 is 0. The van der Waals surface area contributed by atoms with Crippen LogP contribution in [0.5, 0.6) is 11.5 Å².